The van der Waals surface area contributed by atoms with Gasteiger partial charge in [0.05, 0.1) is 11.0 Å². The van der Waals surface area contributed by atoms with Crippen LogP contribution in [0.2, 0.25) is 0 Å². The van der Waals surface area contributed by atoms with E-state index in [-0.39, 0.29) is 0 Å². The zero-order valence-corrected chi connectivity index (χ0v) is 20.1. The van der Waals surface area contributed by atoms with Gasteiger partial charge in [0.25, 0.3) is 0 Å². The van der Waals surface area contributed by atoms with E-state index in [1.54, 1.807) is 0 Å². The molecule has 9 rings (SSSR count). The zero-order chi connectivity index (χ0) is 24.1. The first-order valence-corrected chi connectivity index (χ1v) is 12.9. The van der Waals surface area contributed by atoms with E-state index in [4.69, 9.17) is 0 Å². The van der Waals surface area contributed by atoms with Gasteiger partial charge in [0.1, 0.15) is 0 Å². The molecule has 0 radical (unpaired) electrons. The van der Waals surface area contributed by atoms with Gasteiger partial charge in [-0.05, 0) is 37.7 Å². The summed E-state index contributed by atoms with van der Waals surface area (Å²) < 4.78 is 2.48. The molecule has 0 saturated carbocycles. The van der Waals surface area contributed by atoms with Crippen LogP contribution in [0.15, 0.2) is 128 Å². The Kier molecular flexibility index (Phi) is 3.59. The van der Waals surface area contributed by atoms with Crippen molar-refractivity contribution in [1.29, 1.82) is 0 Å². The Morgan fingerprint density at radius 1 is 0.297 bits per heavy atom. The topological polar surface area (TPSA) is 4.41 Å². The third-order valence-corrected chi connectivity index (χ3v) is 8.29. The molecule has 0 fully saturated rings. The summed E-state index contributed by atoms with van der Waals surface area (Å²) in [7, 11) is 0. The first-order chi connectivity index (χ1) is 18.4. The molecule has 2 heterocycles. The molecule has 2 aromatic heterocycles. The normalized spacial score (nSPS) is 12.3. The first kappa shape index (κ1) is 19.3. The Balaban J connectivity index is 1.82. The Morgan fingerprint density at radius 3 is 1.19 bits per heavy atom. The van der Waals surface area contributed by atoms with Gasteiger partial charge in [0.2, 0.25) is 0 Å². The van der Waals surface area contributed by atoms with E-state index >= 15 is 0 Å². The van der Waals surface area contributed by atoms with E-state index in [0.717, 1.165) is 0 Å². The number of hydrogen-bond acceptors (Lipinski definition) is 0. The highest BCUT2D eigenvalue weighted by Crippen LogP contribution is 2.47. The van der Waals surface area contributed by atoms with Gasteiger partial charge in [-0.3, -0.25) is 0 Å². The molecule has 1 nitrogen and oxygen atoms in total. The fourth-order valence-electron chi connectivity index (χ4n) is 6.86. The number of nitrogens with zero attached hydrogens (tertiary/aromatic N) is 1. The van der Waals surface area contributed by atoms with Crippen molar-refractivity contribution < 1.29 is 0 Å². The van der Waals surface area contributed by atoms with Crippen LogP contribution in [0.25, 0.3) is 81.1 Å². The highest BCUT2D eigenvalue weighted by molar-refractivity contribution is 6.42. The Labute approximate surface area is 212 Å². The van der Waals surface area contributed by atoms with Crippen molar-refractivity contribution in [3.63, 3.8) is 0 Å². The second-order valence-electron chi connectivity index (χ2n) is 10.1. The smallest absolute Gasteiger partial charge is 0.0620 e. The first-order valence-electron chi connectivity index (χ1n) is 12.9. The molecule has 0 aliphatic rings. The molecule has 0 N–H and O–H groups in total. The van der Waals surface area contributed by atoms with Crippen LogP contribution < -0.4 is 0 Å². The third-order valence-electron chi connectivity index (χ3n) is 8.29. The largest absolute Gasteiger partial charge is 0.314 e. The zero-order valence-electron chi connectivity index (χ0n) is 20.1. The third kappa shape index (κ3) is 2.34. The van der Waals surface area contributed by atoms with Crippen LogP contribution in [0.3, 0.4) is 0 Å². The molecule has 0 spiro atoms. The SMILES string of the molecule is c1ccc2c(c1)cn1c2c2c3ccccc3c3ccccc3c2c2c3ccccc3c3ccccc3c21. The van der Waals surface area contributed by atoms with Gasteiger partial charge in [0.15, 0.2) is 0 Å². The number of rotatable bonds is 0. The van der Waals surface area contributed by atoms with E-state index in [1.165, 1.54) is 81.1 Å². The van der Waals surface area contributed by atoms with Gasteiger partial charge in [-0.25, -0.2) is 0 Å². The fourth-order valence-corrected chi connectivity index (χ4v) is 6.86. The quantitative estimate of drug-likeness (QED) is 0.195. The van der Waals surface area contributed by atoms with Crippen LogP contribution in [-0.2, 0) is 0 Å². The van der Waals surface area contributed by atoms with Gasteiger partial charge in [-0.1, -0.05) is 121 Å². The Morgan fingerprint density at radius 2 is 0.649 bits per heavy atom. The number of benzene rings is 7. The molecule has 37 heavy (non-hydrogen) atoms. The lowest BCUT2D eigenvalue weighted by atomic mass is 9.88. The van der Waals surface area contributed by atoms with Gasteiger partial charge in [0, 0.05) is 38.5 Å². The minimum atomic E-state index is 1.27. The number of fused-ring (bicyclic) bond motifs is 18. The second-order valence-corrected chi connectivity index (χ2v) is 10.1. The van der Waals surface area contributed by atoms with Crippen LogP contribution >= 0.6 is 0 Å². The standard InChI is InChI=1S/C36H21N/c1-2-12-23-22(11-1)21-37-35(23)33-29-18-8-4-14-25(29)24-13-3-7-17-28(24)32(33)34-30-19-9-5-15-26(30)27-16-6-10-20-31(27)36(34)37/h1-21H. The predicted molar refractivity (Wildman–Crippen MR) is 160 cm³/mol. The summed E-state index contributed by atoms with van der Waals surface area (Å²) in [6, 6.07) is 44.6. The maximum absolute atomic E-state index is 2.48. The van der Waals surface area contributed by atoms with E-state index < -0.39 is 0 Å². The summed E-state index contributed by atoms with van der Waals surface area (Å²) >= 11 is 0. The minimum absolute atomic E-state index is 1.27. The second kappa shape index (κ2) is 6.87. The van der Waals surface area contributed by atoms with Crippen LogP contribution in [0.4, 0.5) is 0 Å². The van der Waals surface area contributed by atoms with Gasteiger partial charge >= 0.3 is 0 Å². The molecule has 1 heteroatoms. The lowest BCUT2D eigenvalue weighted by molar-refractivity contribution is 1.31. The van der Waals surface area contributed by atoms with Crippen LogP contribution in [0.1, 0.15) is 0 Å². The Hall–Kier alpha value is -4.88. The highest BCUT2D eigenvalue weighted by Gasteiger charge is 2.21. The average molecular weight is 468 g/mol. The van der Waals surface area contributed by atoms with Gasteiger partial charge in [-0.2, -0.15) is 0 Å². The molecule has 170 valence electrons. The number of hydrogen-bond donors (Lipinski definition) is 0. The van der Waals surface area contributed by atoms with Crippen LogP contribution in [0.5, 0.6) is 0 Å². The summed E-state index contributed by atoms with van der Waals surface area (Å²) in [6.45, 7) is 0. The number of aromatic nitrogens is 1. The molecule has 0 bridgehead atoms. The lowest BCUT2D eigenvalue weighted by Crippen LogP contribution is -1.95. The van der Waals surface area contributed by atoms with Crippen molar-refractivity contribution in [3.05, 3.63) is 128 Å². The molecule has 0 unspecified atom stereocenters. The van der Waals surface area contributed by atoms with E-state index in [2.05, 4.69) is 132 Å². The van der Waals surface area contributed by atoms with E-state index in [1.807, 2.05) is 0 Å². The van der Waals surface area contributed by atoms with Crippen LogP contribution in [-0.4, -0.2) is 4.40 Å². The van der Waals surface area contributed by atoms with E-state index in [9.17, 15) is 0 Å². The monoisotopic (exact) mass is 467 g/mol. The van der Waals surface area contributed by atoms with Crippen molar-refractivity contribution in [1.82, 2.24) is 4.40 Å². The van der Waals surface area contributed by atoms with Gasteiger partial charge in [-0.15, -0.1) is 0 Å². The highest BCUT2D eigenvalue weighted by atomic mass is 14.9. The molecule has 0 amide bonds. The maximum Gasteiger partial charge on any atom is 0.0620 e. The number of pyridine rings is 1. The van der Waals surface area contributed by atoms with Crippen molar-refractivity contribution in [2.75, 3.05) is 0 Å². The molecule has 0 aliphatic heterocycles. The molecular formula is C36H21N. The molecule has 0 atom stereocenters. The molecule has 0 aliphatic carbocycles. The summed E-state index contributed by atoms with van der Waals surface area (Å²) in [4.78, 5) is 0. The molecule has 0 saturated heterocycles. The average Bonchev–Trinajstić information content (AvgIpc) is 3.36. The summed E-state index contributed by atoms with van der Waals surface area (Å²) in [5, 5.41) is 17.0. The summed E-state index contributed by atoms with van der Waals surface area (Å²) in [6.07, 6.45) is 2.34. The van der Waals surface area contributed by atoms with Crippen molar-refractivity contribution in [2.24, 2.45) is 0 Å². The van der Waals surface area contributed by atoms with Crippen molar-refractivity contribution >= 4 is 81.1 Å². The molecule has 7 aromatic carbocycles. The van der Waals surface area contributed by atoms with Crippen LogP contribution in [0, 0.1) is 0 Å². The molecular weight excluding hydrogens is 446 g/mol. The lowest BCUT2D eigenvalue weighted by Gasteiger charge is -2.19. The van der Waals surface area contributed by atoms with Crippen molar-refractivity contribution in [2.45, 2.75) is 0 Å². The fraction of sp³-hybridized carbons (Fsp3) is 0. The predicted octanol–water partition coefficient (Wildman–Crippen LogP) is 10.0. The summed E-state index contributed by atoms with van der Waals surface area (Å²) in [5.74, 6) is 0. The summed E-state index contributed by atoms with van der Waals surface area (Å²) in [5.41, 5.74) is 2.58. The van der Waals surface area contributed by atoms with Gasteiger partial charge < -0.3 is 4.40 Å². The van der Waals surface area contributed by atoms with Crippen molar-refractivity contribution in [3.8, 4) is 0 Å². The minimum Gasteiger partial charge on any atom is -0.314 e. The molecule has 9 aromatic rings. The Bertz CT molecular complexity index is 2410. The van der Waals surface area contributed by atoms with E-state index in [0.29, 0.717) is 0 Å². The maximum atomic E-state index is 2.48.